The molecular weight excluding hydrogens is 174 g/mol. The Balaban J connectivity index is 2.25. The highest BCUT2D eigenvalue weighted by Crippen LogP contribution is 2.31. The van der Waals surface area contributed by atoms with Crippen LogP contribution in [0.1, 0.15) is 18.1 Å². The van der Waals surface area contributed by atoms with Crippen LogP contribution in [0, 0.1) is 0 Å². The predicted molar refractivity (Wildman–Crippen MR) is 57.8 cm³/mol. The van der Waals surface area contributed by atoms with Crippen molar-refractivity contribution in [1.29, 1.82) is 0 Å². The second kappa shape index (κ2) is 3.14. The highest BCUT2D eigenvalue weighted by atomic mass is 16.5. The van der Waals surface area contributed by atoms with E-state index in [1.54, 1.807) is 0 Å². The van der Waals surface area contributed by atoms with Crippen LogP contribution in [0.25, 0.3) is 5.70 Å². The Kier molecular flexibility index (Phi) is 2.08. The van der Waals surface area contributed by atoms with E-state index >= 15 is 0 Å². The molecule has 2 N–H and O–H groups in total. The fourth-order valence-electron chi connectivity index (χ4n) is 1.66. The van der Waals surface area contributed by atoms with Crippen LogP contribution in [0.15, 0.2) is 30.8 Å². The SMILES string of the molecule is C=C(N)c1ccc(C2(C)COC2)cc1. The summed E-state index contributed by atoms with van der Waals surface area (Å²) in [6.45, 7) is 7.55. The number of benzene rings is 1. The molecule has 0 unspecified atom stereocenters. The molecule has 1 aromatic carbocycles. The third-order valence-electron chi connectivity index (χ3n) is 2.79. The smallest absolute Gasteiger partial charge is 0.0582 e. The summed E-state index contributed by atoms with van der Waals surface area (Å²) in [5.74, 6) is 0. The van der Waals surface area contributed by atoms with Gasteiger partial charge in [0.1, 0.15) is 0 Å². The zero-order valence-electron chi connectivity index (χ0n) is 8.42. The van der Waals surface area contributed by atoms with E-state index in [2.05, 4.69) is 25.6 Å². The Morgan fingerprint density at radius 2 is 1.93 bits per heavy atom. The van der Waals surface area contributed by atoms with Crippen LogP contribution in [-0.4, -0.2) is 13.2 Å². The fourth-order valence-corrected chi connectivity index (χ4v) is 1.66. The Morgan fingerprint density at radius 1 is 1.36 bits per heavy atom. The van der Waals surface area contributed by atoms with Crippen molar-refractivity contribution >= 4 is 5.70 Å². The first kappa shape index (κ1) is 9.28. The lowest BCUT2D eigenvalue weighted by Gasteiger charge is -2.38. The maximum atomic E-state index is 5.60. The third kappa shape index (κ3) is 1.42. The molecule has 0 bridgehead atoms. The summed E-state index contributed by atoms with van der Waals surface area (Å²) in [6.07, 6.45) is 0. The van der Waals surface area contributed by atoms with Crippen molar-refractivity contribution in [1.82, 2.24) is 0 Å². The second-order valence-electron chi connectivity index (χ2n) is 4.16. The van der Waals surface area contributed by atoms with E-state index in [1.165, 1.54) is 5.56 Å². The molecule has 0 saturated carbocycles. The molecule has 2 heteroatoms. The van der Waals surface area contributed by atoms with E-state index in [9.17, 15) is 0 Å². The molecular formula is C12H15NO. The number of rotatable bonds is 2. The van der Waals surface area contributed by atoms with E-state index in [-0.39, 0.29) is 5.41 Å². The van der Waals surface area contributed by atoms with Crippen molar-refractivity contribution in [3.8, 4) is 0 Å². The first-order chi connectivity index (χ1) is 6.62. The lowest BCUT2D eigenvalue weighted by atomic mass is 9.80. The van der Waals surface area contributed by atoms with Gasteiger partial charge >= 0.3 is 0 Å². The Bertz CT molecular complexity index is 349. The van der Waals surface area contributed by atoms with E-state index in [0.717, 1.165) is 18.8 Å². The van der Waals surface area contributed by atoms with Gasteiger partial charge in [-0.1, -0.05) is 37.8 Å². The quantitative estimate of drug-likeness (QED) is 0.771. The second-order valence-corrected chi connectivity index (χ2v) is 4.16. The molecule has 0 spiro atoms. The molecule has 2 rings (SSSR count). The van der Waals surface area contributed by atoms with E-state index in [0.29, 0.717) is 5.70 Å². The molecule has 1 aromatic rings. The summed E-state index contributed by atoms with van der Waals surface area (Å²) in [5, 5.41) is 0. The fraction of sp³-hybridized carbons (Fsp3) is 0.333. The van der Waals surface area contributed by atoms with Crippen LogP contribution in [0.4, 0.5) is 0 Å². The lowest BCUT2D eigenvalue weighted by molar-refractivity contribution is -0.0500. The highest BCUT2D eigenvalue weighted by Gasteiger charge is 2.34. The molecule has 1 heterocycles. The summed E-state index contributed by atoms with van der Waals surface area (Å²) in [5.41, 5.74) is 8.73. The van der Waals surface area contributed by atoms with Crippen LogP contribution in [0.2, 0.25) is 0 Å². The summed E-state index contributed by atoms with van der Waals surface area (Å²) in [6, 6.07) is 8.24. The zero-order chi connectivity index (χ0) is 10.2. The molecule has 0 amide bonds. The van der Waals surface area contributed by atoms with Gasteiger partial charge in [-0.2, -0.15) is 0 Å². The van der Waals surface area contributed by atoms with Crippen molar-refractivity contribution < 1.29 is 4.74 Å². The van der Waals surface area contributed by atoms with Crippen LogP contribution in [-0.2, 0) is 10.2 Å². The molecule has 74 valence electrons. The van der Waals surface area contributed by atoms with E-state index in [1.807, 2.05) is 12.1 Å². The number of ether oxygens (including phenoxy) is 1. The highest BCUT2D eigenvalue weighted by molar-refractivity contribution is 5.60. The van der Waals surface area contributed by atoms with Gasteiger partial charge in [0.25, 0.3) is 0 Å². The third-order valence-corrected chi connectivity index (χ3v) is 2.79. The average molecular weight is 189 g/mol. The lowest BCUT2D eigenvalue weighted by Crippen LogP contribution is -2.43. The minimum Gasteiger partial charge on any atom is -0.399 e. The van der Waals surface area contributed by atoms with Gasteiger partial charge in [0.2, 0.25) is 0 Å². The monoisotopic (exact) mass is 189 g/mol. The van der Waals surface area contributed by atoms with Crippen molar-refractivity contribution in [2.45, 2.75) is 12.3 Å². The van der Waals surface area contributed by atoms with E-state index in [4.69, 9.17) is 10.5 Å². The van der Waals surface area contributed by atoms with Crippen molar-refractivity contribution in [2.24, 2.45) is 5.73 Å². The van der Waals surface area contributed by atoms with Crippen LogP contribution in [0.3, 0.4) is 0 Å². The molecule has 1 aliphatic rings. The molecule has 0 aliphatic carbocycles. The number of hydrogen-bond donors (Lipinski definition) is 1. The van der Waals surface area contributed by atoms with Gasteiger partial charge in [-0.25, -0.2) is 0 Å². The molecule has 1 aliphatic heterocycles. The Labute approximate surface area is 84.4 Å². The zero-order valence-corrected chi connectivity index (χ0v) is 8.42. The first-order valence-electron chi connectivity index (χ1n) is 4.75. The summed E-state index contributed by atoms with van der Waals surface area (Å²) in [7, 11) is 0. The molecule has 0 radical (unpaired) electrons. The standard InChI is InChI=1S/C12H15NO/c1-9(13)10-3-5-11(6-4-10)12(2)7-14-8-12/h3-6H,1,7-8,13H2,2H3. The van der Waals surface area contributed by atoms with Crippen molar-refractivity contribution in [2.75, 3.05) is 13.2 Å². The summed E-state index contributed by atoms with van der Waals surface area (Å²) < 4.78 is 5.23. The first-order valence-corrected chi connectivity index (χ1v) is 4.75. The molecule has 2 nitrogen and oxygen atoms in total. The summed E-state index contributed by atoms with van der Waals surface area (Å²) in [4.78, 5) is 0. The predicted octanol–water partition coefficient (Wildman–Crippen LogP) is 1.90. The minimum absolute atomic E-state index is 0.203. The topological polar surface area (TPSA) is 35.2 Å². The maximum absolute atomic E-state index is 5.60. The molecule has 14 heavy (non-hydrogen) atoms. The van der Waals surface area contributed by atoms with Gasteiger partial charge in [0.05, 0.1) is 13.2 Å². The van der Waals surface area contributed by atoms with Crippen molar-refractivity contribution in [3.05, 3.63) is 42.0 Å². The van der Waals surface area contributed by atoms with Gasteiger partial charge in [-0.15, -0.1) is 0 Å². The van der Waals surface area contributed by atoms with Gasteiger partial charge < -0.3 is 10.5 Å². The maximum Gasteiger partial charge on any atom is 0.0582 e. The molecule has 1 fully saturated rings. The summed E-state index contributed by atoms with van der Waals surface area (Å²) >= 11 is 0. The van der Waals surface area contributed by atoms with Gasteiger partial charge in [-0.3, -0.25) is 0 Å². The molecule has 0 atom stereocenters. The van der Waals surface area contributed by atoms with Crippen LogP contribution < -0.4 is 5.73 Å². The van der Waals surface area contributed by atoms with E-state index < -0.39 is 0 Å². The van der Waals surface area contributed by atoms with Crippen LogP contribution >= 0.6 is 0 Å². The Hall–Kier alpha value is -1.28. The molecule has 0 aromatic heterocycles. The van der Waals surface area contributed by atoms with Gasteiger partial charge in [-0.05, 0) is 11.1 Å². The van der Waals surface area contributed by atoms with Gasteiger partial charge in [0, 0.05) is 11.1 Å². The van der Waals surface area contributed by atoms with Gasteiger partial charge in [0.15, 0.2) is 0 Å². The normalized spacial score (nSPS) is 18.6. The molecule has 1 saturated heterocycles. The number of nitrogens with two attached hydrogens (primary N) is 1. The average Bonchev–Trinajstić information content (AvgIpc) is 2.14. The largest absolute Gasteiger partial charge is 0.399 e. The van der Waals surface area contributed by atoms with Crippen LogP contribution in [0.5, 0.6) is 0 Å². The minimum atomic E-state index is 0.203. The number of hydrogen-bond acceptors (Lipinski definition) is 2. The van der Waals surface area contributed by atoms with Crippen molar-refractivity contribution in [3.63, 3.8) is 0 Å². The Morgan fingerprint density at radius 3 is 2.29 bits per heavy atom.